The highest BCUT2D eigenvalue weighted by atomic mass is 19.1. The van der Waals surface area contributed by atoms with E-state index in [0.717, 1.165) is 12.1 Å². The van der Waals surface area contributed by atoms with E-state index in [0.29, 0.717) is 17.0 Å². The van der Waals surface area contributed by atoms with Gasteiger partial charge in [0.05, 0.1) is 17.7 Å². The maximum Gasteiger partial charge on any atom is 0.304 e. The number of benzene rings is 2. The average Bonchev–Trinajstić information content (AvgIpc) is 2.45. The fraction of sp³-hybridized carbons (Fsp3) is 0.143. The Morgan fingerprint density at radius 3 is 2.62 bits per heavy atom. The normalized spacial score (nSPS) is 10.2. The van der Waals surface area contributed by atoms with Crippen LogP contribution in [0.3, 0.4) is 0 Å². The second kappa shape index (κ2) is 6.17. The highest BCUT2D eigenvalue weighted by Gasteiger charge is 2.13. The molecule has 0 fully saturated rings. The van der Waals surface area contributed by atoms with Crippen molar-refractivity contribution in [2.75, 3.05) is 12.4 Å². The largest absolute Gasteiger partial charge is 0.494 e. The van der Waals surface area contributed by atoms with Gasteiger partial charge in [0, 0.05) is 18.7 Å². The van der Waals surface area contributed by atoms with Crippen LogP contribution >= 0.6 is 0 Å². The van der Waals surface area contributed by atoms with Gasteiger partial charge in [-0.25, -0.2) is 4.39 Å². The standard InChI is InChI=1S/C14H12F2N2O3/c1-21-14-7-10(15)3-4-12(14)17-8-9-2-5-13(18(19)20)11(16)6-9/h2-7,17H,8H2,1H3. The van der Waals surface area contributed by atoms with Crippen LogP contribution in [-0.2, 0) is 6.54 Å². The maximum absolute atomic E-state index is 13.5. The van der Waals surface area contributed by atoms with E-state index in [9.17, 15) is 18.9 Å². The quantitative estimate of drug-likeness (QED) is 0.677. The highest BCUT2D eigenvalue weighted by Crippen LogP contribution is 2.26. The van der Waals surface area contributed by atoms with Crippen LogP contribution in [0.15, 0.2) is 36.4 Å². The Bertz CT molecular complexity index is 677. The topological polar surface area (TPSA) is 64.4 Å². The van der Waals surface area contributed by atoms with Gasteiger partial charge in [0.25, 0.3) is 0 Å². The number of rotatable bonds is 5. The third kappa shape index (κ3) is 3.44. The Kier molecular flexibility index (Phi) is 4.32. The third-order valence-corrected chi connectivity index (χ3v) is 2.86. The van der Waals surface area contributed by atoms with Crippen LogP contribution in [-0.4, -0.2) is 12.0 Å². The number of nitro benzene ring substituents is 1. The lowest BCUT2D eigenvalue weighted by atomic mass is 10.2. The number of hydrogen-bond donors (Lipinski definition) is 1. The van der Waals surface area contributed by atoms with Gasteiger partial charge in [-0.2, -0.15) is 4.39 Å². The van der Waals surface area contributed by atoms with E-state index in [1.54, 1.807) is 0 Å². The summed E-state index contributed by atoms with van der Waals surface area (Å²) in [7, 11) is 1.41. The van der Waals surface area contributed by atoms with Crippen molar-refractivity contribution in [3.63, 3.8) is 0 Å². The van der Waals surface area contributed by atoms with Crippen molar-refractivity contribution in [3.05, 3.63) is 63.7 Å². The molecule has 0 radical (unpaired) electrons. The lowest BCUT2D eigenvalue weighted by Crippen LogP contribution is -2.03. The average molecular weight is 294 g/mol. The molecule has 7 heteroatoms. The Hall–Kier alpha value is -2.70. The van der Waals surface area contributed by atoms with E-state index in [2.05, 4.69) is 5.32 Å². The van der Waals surface area contributed by atoms with Gasteiger partial charge in [-0.05, 0) is 23.8 Å². The van der Waals surface area contributed by atoms with Crippen LogP contribution in [0.2, 0.25) is 0 Å². The van der Waals surface area contributed by atoms with Crippen molar-refractivity contribution in [1.82, 2.24) is 0 Å². The maximum atomic E-state index is 13.5. The minimum atomic E-state index is -0.898. The molecule has 0 amide bonds. The van der Waals surface area contributed by atoms with E-state index in [1.807, 2.05) is 0 Å². The number of methoxy groups -OCH3 is 1. The van der Waals surface area contributed by atoms with Gasteiger partial charge in [-0.1, -0.05) is 6.07 Å². The van der Waals surface area contributed by atoms with Crippen LogP contribution in [0.25, 0.3) is 0 Å². The first-order valence-electron chi connectivity index (χ1n) is 6.01. The molecular formula is C14H12F2N2O3. The molecule has 0 aliphatic carbocycles. The predicted octanol–water partition coefficient (Wildman–Crippen LogP) is 3.49. The predicted molar refractivity (Wildman–Crippen MR) is 73.3 cm³/mol. The smallest absolute Gasteiger partial charge is 0.304 e. The summed E-state index contributed by atoms with van der Waals surface area (Å²) >= 11 is 0. The first-order chi connectivity index (χ1) is 10.0. The van der Waals surface area contributed by atoms with Crippen molar-refractivity contribution < 1.29 is 18.4 Å². The van der Waals surface area contributed by atoms with Crippen molar-refractivity contribution >= 4 is 11.4 Å². The molecule has 0 saturated carbocycles. The SMILES string of the molecule is COc1cc(F)ccc1NCc1ccc([N+](=O)[O-])c(F)c1. The Morgan fingerprint density at radius 1 is 1.24 bits per heavy atom. The molecule has 2 rings (SSSR count). The molecule has 5 nitrogen and oxygen atoms in total. The molecule has 0 saturated heterocycles. The van der Waals surface area contributed by atoms with Crippen molar-refractivity contribution in [1.29, 1.82) is 0 Å². The van der Waals surface area contributed by atoms with Gasteiger partial charge >= 0.3 is 5.69 Å². The molecule has 0 unspecified atom stereocenters. The Labute approximate surface area is 119 Å². The summed E-state index contributed by atoms with van der Waals surface area (Å²) in [6.45, 7) is 0.219. The lowest BCUT2D eigenvalue weighted by Gasteiger charge is -2.11. The third-order valence-electron chi connectivity index (χ3n) is 2.86. The lowest BCUT2D eigenvalue weighted by molar-refractivity contribution is -0.387. The van der Waals surface area contributed by atoms with Crippen LogP contribution in [0.1, 0.15) is 5.56 Å². The molecule has 110 valence electrons. The molecule has 0 atom stereocenters. The summed E-state index contributed by atoms with van der Waals surface area (Å²) in [6, 6.07) is 7.62. The van der Waals surface area contributed by atoms with Crippen molar-refractivity contribution in [2.24, 2.45) is 0 Å². The van der Waals surface area contributed by atoms with E-state index in [4.69, 9.17) is 4.74 Å². The zero-order valence-corrected chi connectivity index (χ0v) is 11.1. The highest BCUT2D eigenvalue weighted by molar-refractivity contribution is 5.56. The summed E-state index contributed by atoms with van der Waals surface area (Å²) in [6.07, 6.45) is 0. The van der Waals surface area contributed by atoms with E-state index in [1.165, 1.54) is 31.4 Å². The summed E-state index contributed by atoms with van der Waals surface area (Å²) < 4.78 is 31.6. The van der Waals surface area contributed by atoms with Gasteiger partial charge in [0.2, 0.25) is 5.82 Å². The zero-order chi connectivity index (χ0) is 15.4. The van der Waals surface area contributed by atoms with Gasteiger partial charge < -0.3 is 10.1 Å². The van der Waals surface area contributed by atoms with Gasteiger partial charge in [0.1, 0.15) is 11.6 Å². The minimum Gasteiger partial charge on any atom is -0.494 e. The molecule has 1 N–H and O–H groups in total. The summed E-state index contributed by atoms with van der Waals surface area (Å²) in [5.41, 5.74) is 0.486. The zero-order valence-electron chi connectivity index (χ0n) is 11.1. The number of nitro groups is 1. The van der Waals surface area contributed by atoms with Crippen LogP contribution in [0, 0.1) is 21.7 Å². The molecule has 0 aliphatic heterocycles. The number of halogens is 2. The number of nitrogens with one attached hydrogen (secondary N) is 1. The summed E-state index contributed by atoms with van der Waals surface area (Å²) in [5.74, 6) is -1.01. The number of ether oxygens (including phenoxy) is 1. The van der Waals surface area contributed by atoms with Crippen molar-refractivity contribution in [2.45, 2.75) is 6.54 Å². The Balaban J connectivity index is 2.13. The van der Waals surface area contributed by atoms with E-state index < -0.39 is 22.2 Å². The number of anilines is 1. The van der Waals surface area contributed by atoms with Crippen LogP contribution in [0.5, 0.6) is 5.75 Å². The van der Waals surface area contributed by atoms with E-state index in [-0.39, 0.29) is 6.54 Å². The van der Waals surface area contributed by atoms with Crippen LogP contribution in [0.4, 0.5) is 20.2 Å². The molecule has 0 spiro atoms. The molecular weight excluding hydrogens is 282 g/mol. The van der Waals surface area contributed by atoms with Crippen molar-refractivity contribution in [3.8, 4) is 5.75 Å². The van der Waals surface area contributed by atoms with Crippen LogP contribution < -0.4 is 10.1 Å². The molecule has 0 bridgehead atoms. The van der Waals surface area contributed by atoms with E-state index >= 15 is 0 Å². The van der Waals surface area contributed by atoms with Gasteiger partial charge in [-0.15, -0.1) is 0 Å². The molecule has 0 aromatic heterocycles. The molecule has 2 aromatic rings. The molecule has 21 heavy (non-hydrogen) atoms. The summed E-state index contributed by atoms with van der Waals surface area (Å²) in [5, 5.41) is 13.5. The van der Waals surface area contributed by atoms with Gasteiger partial charge in [-0.3, -0.25) is 10.1 Å². The second-order valence-electron chi connectivity index (χ2n) is 4.24. The summed E-state index contributed by atoms with van der Waals surface area (Å²) in [4.78, 5) is 9.74. The minimum absolute atomic E-state index is 0.219. The number of nitrogens with zero attached hydrogens (tertiary/aromatic N) is 1. The first-order valence-corrected chi connectivity index (χ1v) is 6.01. The molecule has 0 aliphatic rings. The fourth-order valence-corrected chi connectivity index (χ4v) is 1.82. The monoisotopic (exact) mass is 294 g/mol. The number of hydrogen-bond acceptors (Lipinski definition) is 4. The Morgan fingerprint density at radius 2 is 2.00 bits per heavy atom. The second-order valence-corrected chi connectivity index (χ2v) is 4.24. The molecule has 0 heterocycles. The first kappa shape index (κ1) is 14.7. The molecule has 2 aromatic carbocycles. The fourth-order valence-electron chi connectivity index (χ4n) is 1.82. The van der Waals surface area contributed by atoms with Gasteiger partial charge in [0.15, 0.2) is 0 Å².